The maximum absolute atomic E-state index is 13.5. The number of hydrazine groups is 1. The van der Waals surface area contributed by atoms with Gasteiger partial charge in [-0.3, -0.25) is 14.3 Å². The Morgan fingerprint density at radius 2 is 1.76 bits per heavy atom. The number of rotatable bonds is 4. The molecule has 2 heterocycles. The quantitative estimate of drug-likeness (QED) is 0.390. The number of hydrogen-bond acceptors (Lipinski definition) is 5. The number of thioether (sulfide) groups is 1. The molecule has 3 aromatic rings. The van der Waals surface area contributed by atoms with E-state index in [9.17, 15) is 35.9 Å². The molecule has 4 rings (SSSR count). The number of halogens is 6. The summed E-state index contributed by atoms with van der Waals surface area (Å²) in [7, 11) is 1.43. The minimum absolute atomic E-state index is 0.0946. The maximum Gasteiger partial charge on any atom is 0.416 e. The summed E-state index contributed by atoms with van der Waals surface area (Å²) in [6.45, 7) is -0.406. The highest BCUT2D eigenvalue weighted by atomic mass is 32.2. The molecule has 0 saturated carbocycles. The number of imide groups is 1. The maximum atomic E-state index is 13.5. The normalized spacial score (nSPS) is 16.3. The molecule has 1 aromatic heterocycles. The molecule has 1 fully saturated rings. The third-order valence-electron chi connectivity index (χ3n) is 5.04. The van der Waals surface area contributed by atoms with E-state index in [4.69, 9.17) is 0 Å². The smallest absolute Gasteiger partial charge is 0.266 e. The van der Waals surface area contributed by atoms with E-state index in [2.05, 4.69) is 10.5 Å². The fraction of sp³-hybridized carbons (Fsp3) is 0.190. The minimum atomic E-state index is -4.98. The molecule has 2 aromatic carbocycles. The van der Waals surface area contributed by atoms with E-state index >= 15 is 0 Å². The average molecular weight is 500 g/mol. The number of hydrogen-bond donors (Lipinski definition) is 1. The van der Waals surface area contributed by atoms with E-state index in [0.29, 0.717) is 22.5 Å². The fourth-order valence-corrected chi connectivity index (χ4v) is 4.28. The van der Waals surface area contributed by atoms with Crippen molar-refractivity contribution in [2.75, 3.05) is 7.05 Å². The summed E-state index contributed by atoms with van der Waals surface area (Å²) in [5.74, 6) is -0.518. The number of carbonyl (C=O) groups is 2. The number of benzene rings is 2. The lowest BCUT2D eigenvalue weighted by Gasteiger charge is -2.16. The van der Waals surface area contributed by atoms with Crippen molar-refractivity contribution < 1.29 is 35.9 Å². The minimum Gasteiger partial charge on any atom is -0.266 e. The number of alkyl halides is 6. The number of fused-ring (bicyclic) bond motifs is 1. The Kier molecular flexibility index (Phi) is 5.94. The van der Waals surface area contributed by atoms with E-state index < -0.39 is 41.2 Å². The molecule has 0 unspecified atom stereocenters. The van der Waals surface area contributed by atoms with Crippen molar-refractivity contribution in [3.8, 4) is 0 Å². The van der Waals surface area contributed by atoms with Crippen molar-refractivity contribution >= 4 is 39.9 Å². The molecule has 178 valence electrons. The molecular weight excluding hydrogens is 486 g/mol. The standard InChI is InChI=1S/C21H14F6N4O2S/c1-28-31-18(32)17(34-19(31)33)7-11-2-5-16-13(6-11)9-29-30(16)10-12-3-4-14(20(22,23)24)8-15(12)21(25,26)27/h2-9,28H,10H2,1H3. The summed E-state index contributed by atoms with van der Waals surface area (Å²) in [6, 6.07) is 6.28. The van der Waals surface area contributed by atoms with E-state index in [1.165, 1.54) is 24.0 Å². The van der Waals surface area contributed by atoms with E-state index in [1.807, 2.05) is 0 Å². The Labute approximate surface area is 192 Å². The molecule has 1 aliphatic heterocycles. The molecule has 13 heteroatoms. The van der Waals surface area contributed by atoms with Crippen LogP contribution in [0.4, 0.5) is 31.1 Å². The van der Waals surface area contributed by atoms with E-state index in [0.717, 1.165) is 22.8 Å². The molecule has 1 saturated heterocycles. The first kappa shape index (κ1) is 23.8. The van der Waals surface area contributed by atoms with Gasteiger partial charge < -0.3 is 0 Å². The lowest BCUT2D eigenvalue weighted by atomic mass is 10.0. The number of aromatic nitrogens is 2. The van der Waals surface area contributed by atoms with Gasteiger partial charge in [0, 0.05) is 12.4 Å². The second kappa shape index (κ2) is 8.47. The van der Waals surface area contributed by atoms with E-state index in [1.54, 1.807) is 18.2 Å². The zero-order valence-corrected chi connectivity index (χ0v) is 18.0. The Balaban J connectivity index is 1.66. The van der Waals surface area contributed by atoms with Gasteiger partial charge in [0.15, 0.2) is 0 Å². The monoisotopic (exact) mass is 500 g/mol. The van der Waals surface area contributed by atoms with Crippen LogP contribution in [-0.2, 0) is 23.7 Å². The van der Waals surface area contributed by atoms with Crippen molar-refractivity contribution in [3.05, 3.63) is 69.8 Å². The van der Waals surface area contributed by atoms with Gasteiger partial charge in [-0.05, 0) is 53.2 Å². The van der Waals surface area contributed by atoms with Crippen LogP contribution in [0.3, 0.4) is 0 Å². The molecule has 1 aliphatic rings. The Bertz CT molecular complexity index is 1330. The van der Waals surface area contributed by atoms with Gasteiger partial charge in [-0.1, -0.05) is 12.1 Å². The van der Waals surface area contributed by atoms with Crippen molar-refractivity contribution in [2.24, 2.45) is 0 Å². The molecule has 0 spiro atoms. The molecular formula is C21H14F6N4O2S. The molecule has 0 aliphatic carbocycles. The largest absolute Gasteiger partial charge is 0.416 e. The van der Waals surface area contributed by atoms with Gasteiger partial charge in [0.05, 0.1) is 34.3 Å². The number of nitrogens with zero attached hydrogens (tertiary/aromatic N) is 3. The van der Waals surface area contributed by atoms with Crippen LogP contribution in [0.5, 0.6) is 0 Å². The molecule has 0 bridgehead atoms. The van der Waals surface area contributed by atoms with Crippen LogP contribution in [-0.4, -0.2) is 33.0 Å². The molecule has 34 heavy (non-hydrogen) atoms. The summed E-state index contributed by atoms with van der Waals surface area (Å²) in [5, 5.41) is 4.98. The Morgan fingerprint density at radius 1 is 1.03 bits per heavy atom. The van der Waals surface area contributed by atoms with Crippen LogP contribution in [0.15, 0.2) is 47.5 Å². The third kappa shape index (κ3) is 4.53. The zero-order valence-electron chi connectivity index (χ0n) is 17.2. The van der Waals surface area contributed by atoms with Gasteiger partial charge in [-0.2, -0.15) is 36.5 Å². The predicted molar refractivity (Wildman–Crippen MR) is 112 cm³/mol. The SMILES string of the molecule is CNN1C(=O)SC(=Cc2ccc3c(cnn3Cc3ccc(C(F)(F)F)cc3C(F)(F)F)c2)C1=O. The Hall–Kier alpha value is -3.32. The predicted octanol–water partition coefficient (Wildman–Crippen LogP) is 5.29. The topological polar surface area (TPSA) is 67.2 Å². The summed E-state index contributed by atoms with van der Waals surface area (Å²) >= 11 is 0.749. The highest BCUT2D eigenvalue weighted by molar-refractivity contribution is 8.18. The highest BCUT2D eigenvalue weighted by Crippen LogP contribution is 2.38. The highest BCUT2D eigenvalue weighted by Gasteiger charge is 2.38. The first-order chi connectivity index (χ1) is 15.9. The summed E-state index contributed by atoms with van der Waals surface area (Å²) in [5.41, 5.74) is 0.333. The summed E-state index contributed by atoms with van der Waals surface area (Å²) < 4.78 is 80.3. The summed E-state index contributed by atoms with van der Waals surface area (Å²) in [6.07, 6.45) is -7.00. The first-order valence-electron chi connectivity index (χ1n) is 9.56. The van der Waals surface area contributed by atoms with Crippen LogP contribution in [0.25, 0.3) is 17.0 Å². The van der Waals surface area contributed by atoms with Gasteiger partial charge in [-0.25, -0.2) is 5.43 Å². The lowest BCUT2D eigenvalue weighted by Crippen LogP contribution is -2.38. The molecule has 0 radical (unpaired) electrons. The van der Waals surface area contributed by atoms with Crippen molar-refractivity contribution in [3.63, 3.8) is 0 Å². The first-order valence-corrected chi connectivity index (χ1v) is 10.4. The number of amides is 2. The summed E-state index contributed by atoms with van der Waals surface area (Å²) in [4.78, 5) is 24.2. The van der Waals surface area contributed by atoms with Crippen LogP contribution >= 0.6 is 11.8 Å². The molecule has 1 N–H and O–H groups in total. The number of carbonyl (C=O) groups excluding carboxylic acids is 2. The van der Waals surface area contributed by atoms with Crippen molar-refractivity contribution in [1.82, 2.24) is 20.2 Å². The average Bonchev–Trinajstić information content (AvgIpc) is 3.26. The van der Waals surface area contributed by atoms with Crippen molar-refractivity contribution in [1.29, 1.82) is 0 Å². The van der Waals surface area contributed by atoms with Crippen LogP contribution in [0, 0.1) is 0 Å². The Morgan fingerprint density at radius 3 is 2.38 bits per heavy atom. The molecule has 2 amide bonds. The van der Waals surface area contributed by atoms with Crippen molar-refractivity contribution in [2.45, 2.75) is 18.9 Å². The number of nitrogens with one attached hydrogen (secondary N) is 1. The zero-order chi connectivity index (χ0) is 24.8. The van der Waals surface area contributed by atoms with Gasteiger partial charge in [0.2, 0.25) is 0 Å². The van der Waals surface area contributed by atoms with Crippen LogP contribution in [0.1, 0.15) is 22.3 Å². The molecule has 6 nitrogen and oxygen atoms in total. The second-order valence-electron chi connectivity index (χ2n) is 7.23. The van der Waals surface area contributed by atoms with Gasteiger partial charge in [0.25, 0.3) is 5.91 Å². The fourth-order valence-electron chi connectivity index (χ4n) is 3.45. The van der Waals surface area contributed by atoms with Crippen LogP contribution in [0.2, 0.25) is 0 Å². The van der Waals surface area contributed by atoms with Gasteiger partial charge in [-0.15, -0.1) is 0 Å². The van der Waals surface area contributed by atoms with Gasteiger partial charge in [0.1, 0.15) is 0 Å². The van der Waals surface area contributed by atoms with Gasteiger partial charge >= 0.3 is 17.6 Å². The second-order valence-corrected chi connectivity index (χ2v) is 8.22. The third-order valence-corrected chi connectivity index (χ3v) is 5.91. The lowest BCUT2D eigenvalue weighted by molar-refractivity contribution is -0.143. The van der Waals surface area contributed by atoms with Crippen LogP contribution < -0.4 is 5.43 Å². The van der Waals surface area contributed by atoms with E-state index in [-0.39, 0.29) is 16.5 Å². The molecule has 0 atom stereocenters.